The average Bonchev–Trinajstić information content (AvgIpc) is 3.21. The summed E-state index contributed by atoms with van der Waals surface area (Å²) in [5, 5.41) is 4.08. The number of aryl methyl sites for hydroxylation is 3. The first kappa shape index (κ1) is 20.6. The van der Waals surface area contributed by atoms with E-state index in [1.165, 1.54) is 12.1 Å². The minimum atomic E-state index is -3.70. The van der Waals surface area contributed by atoms with Crippen LogP contribution in [0.25, 0.3) is 0 Å². The summed E-state index contributed by atoms with van der Waals surface area (Å²) < 4.78 is 34.6. The van der Waals surface area contributed by atoms with Crippen molar-refractivity contribution in [2.75, 3.05) is 11.3 Å². The lowest BCUT2D eigenvalue weighted by atomic mass is 10.1. The fraction of sp³-hybridized carbons (Fsp3) is 0.238. The van der Waals surface area contributed by atoms with Gasteiger partial charge in [-0.25, -0.2) is 13.2 Å². The molecule has 0 radical (unpaired) electrons. The summed E-state index contributed by atoms with van der Waals surface area (Å²) >= 11 is 0. The first-order valence-electron chi connectivity index (χ1n) is 9.20. The van der Waals surface area contributed by atoms with Gasteiger partial charge in [-0.3, -0.25) is 9.40 Å². The maximum atomic E-state index is 12.5. The van der Waals surface area contributed by atoms with E-state index in [1.807, 2.05) is 26.1 Å². The van der Waals surface area contributed by atoms with Gasteiger partial charge in [-0.2, -0.15) is 5.10 Å². The van der Waals surface area contributed by atoms with Crippen LogP contribution in [0.3, 0.4) is 0 Å². The van der Waals surface area contributed by atoms with E-state index in [4.69, 9.17) is 4.74 Å². The fourth-order valence-electron chi connectivity index (χ4n) is 2.68. The highest BCUT2D eigenvalue weighted by Crippen LogP contribution is 2.19. The van der Waals surface area contributed by atoms with Crippen LogP contribution in [0.1, 0.15) is 27.9 Å². The van der Waals surface area contributed by atoms with Crippen LogP contribution >= 0.6 is 0 Å². The number of rotatable bonds is 8. The Labute approximate surface area is 170 Å². The number of esters is 1. The molecule has 1 heterocycles. The minimum absolute atomic E-state index is 0.196. The van der Waals surface area contributed by atoms with Gasteiger partial charge in [0.1, 0.15) is 0 Å². The maximum Gasteiger partial charge on any atom is 0.338 e. The van der Waals surface area contributed by atoms with Crippen LogP contribution in [0.15, 0.2) is 65.8 Å². The number of aromatic nitrogens is 2. The topological polar surface area (TPSA) is 90.3 Å². The van der Waals surface area contributed by atoms with Crippen LogP contribution in [-0.2, 0) is 21.3 Å². The van der Waals surface area contributed by atoms with Crippen LogP contribution in [0.5, 0.6) is 0 Å². The number of carbonyl (C=O) groups is 1. The maximum absolute atomic E-state index is 12.5. The van der Waals surface area contributed by atoms with Gasteiger partial charge in [0.15, 0.2) is 0 Å². The Balaban J connectivity index is 1.56. The van der Waals surface area contributed by atoms with Crippen LogP contribution in [0.4, 0.5) is 5.69 Å². The summed E-state index contributed by atoms with van der Waals surface area (Å²) in [5.74, 6) is -0.450. The second kappa shape index (κ2) is 8.91. The van der Waals surface area contributed by atoms with E-state index in [1.54, 1.807) is 41.2 Å². The molecule has 8 heteroatoms. The number of nitrogens with zero attached hydrogens (tertiary/aromatic N) is 2. The van der Waals surface area contributed by atoms with E-state index in [2.05, 4.69) is 9.82 Å². The summed E-state index contributed by atoms with van der Waals surface area (Å²) in [6.45, 7) is 4.73. The summed E-state index contributed by atoms with van der Waals surface area (Å²) in [6, 6.07) is 13.0. The molecule has 152 valence electrons. The van der Waals surface area contributed by atoms with Crippen LogP contribution in [-0.4, -0.2) is 30.8 Å². The summed E-state index contributed by atoms with van der Waals surface area (Å²) in [6.07, 6.45) is 4.20. The third-order valence-electron chi connectivity index (χ3n) is 4.49. The van der Waals surface area contributed by atoms with Crippen molar-refractivity contribution in [3.63, 3.8) is 0 Å². The Kier molecular flexibility index (Phi) is 6.33. The Morgan fingerprint density at radius 3 is 2.52 bits per heavy atom. The van der Waals surface area contributed by atoms with Crippen molar-refractivity contribution < 1.29 is 17.9 Å². The molecule has 3 aromatic rings. The largest absolute Gasteiger partial charge is 0.462 e. The number of anilines is 1. The molecule has 0 atom stereocenters. The molecule has 3 rings (SSSR count). The molecule has 0 amide bonds. The Hall–Kier alpha value is -3.13. The first-order chi connectivity index (χ1) is 13.8. The molecule has 0 bridgehead atoms. The molecule has 0 saturated carbocycles. The number of hydrogen-bond donors (Lipinski definition) is 1. The van der Waals surface area contributed by atoms with Crippen LogP contribution in [0.2, 0.25) is 0 Å². The molecular weight excluding hydrogens is 390 g/mol. The second-order valence-corrected chi connectivity index (χ2v) is 8.37. The van der Waals surface area contributed by atoms with Gasteiger partial charge < -0.3 is 4.74 Å². The standard InChI is InChI=1S/C21H23N3O4S/c1-16-5-10-20(15-17(16)2)29(26,27)23-19-8-6-18(7-9-19)21(25)28-14-4-13-24-12-3-11-22-24/h3,5-12,15,23H,4,13-14H2,1-2H3. The van der Waals surface area contributed by atoms with E-state index < -0.39 is 16.0 Å². The van der Waals surface area contributed by atoms with Crippen LogP contribution < -0.4 is 4.72 Å². The minimum Gasteiger partial charge on any atom is -0.462 e. The number of ether oxygens (including phenoxy) is 1. The Morgan fingerprint density at radius 2 is 1.86 bits per heavy atom. The van der Waals surface area contributed by atoms with E-state index in [0.717, 1.165) is 11.1 Å². The SMILES string of the molecule is Cc1ccc(S(=O)(=O)Nc2ccc(C(=O)OCCCn3cccn3)cc2)cc1C. The Bertz CT molecular complexity index is 1080. The van der Waals surface area contributed by atoms with Gasteiger partial charge in [0.05, 0.1) is 17.1 Å². The third kappa shape index (κ3) is 5.45. The zero-order valence-electron chi connectivity index (χ0n) is 16.3. The van der Waals surface area contributed by atoms with E-state index >= 15 is 0 Å². The number of nitrogens with one attached hydrogen (secondary N) is 1. The van der Waals surface area contributed by atoms with Crippen LogP contribution in [0, 0.1) is 13.8 Å². The van der Waals surface area contributed by atoms with E-state index in [0.29, 0.717) is 24.2 Å². The lowest BCUT2D eigenvalue weighted by Gasteiger charge is -2.10. The molecule has 0 saturated heterocycles. The molecule has 0 aliphatic heterocycles. The normalized spacial score (nSPS) is 11.2. The van der Waals surface area contributed by atoms with Gasteiger partial charge in [-0.05, 0) is 67.4 Å². The average molecular weight is 413 g/mol. The molecule has 0 spiro atoms. The molecule has 0 aliphatic rings. The van der Waals surface area contributed by atoms with Crippen molar-refractivity contribution in [2.24, 2.45) is 0 Å². The van der Waals surface area contributed by atoms with E-state index in [9.17, 15) is 13.2 Å². The van der Waals surface area contributed by atoms with Crippen molar-refractivity contribution in [1.29, 1.82) is 0 Å². The molecule has 0 aliphatic carbocycles. The molecule has 7 nitrogen and oxygen atoms in total. The zero-order valence-corrected chi connectivity index (χ0v) is 17.1. The first-order valence-corrected chi connectivity index (χ1v) is 10.7. The predicted molar refractivity (Wildman–Crippen MR) is 110 cm³/mol. The van der Waals surface area contributed by atoms with Crippen molar-refractivity contribution in [3.8, 4) is 0 Å². The van der Waals surface area contributed by atoms with E-state index in [-0.39, 0.29) is 11.5 Å². The second-order valence-electron chi connectivity index (χ2n) is 6.69. The monoisotopic (exact) mass is 413 g/mol. The number of carbonyl (C=O) groups excluding carboxylic acids is 1. The van der Waals surface area contributed by atoms with Gasteiger partial charge >= 0.3 is 5.97 Å². The summed E-state index contributed by atoms with van der Waals surface area (Å²) in [4.78, 5) is 12.3. The van der Waals surface area contributed by atoms with Gasteiger partial charge in [0, 0.05) is 31.0 Å². The molecular formula is C21H23N3O4S. The molecule has 29 heavy (non-hydrogen) atoms. The molecule has 0 unspecified atom stereocenters. The Morgan fingerprint density at radius 1 is 1.10 bits per heavy atom. The molecule has 1 N–H and O–H groups in total. The quantitative estimate of drug-likeness (QED) is 0.451. The predicted octanol–water partition coefficient (Wildman–Crippen LogP) is 3.55. The number of hydrogen-bond acceptors (Lipinski definition) is 5. The van der Waals surface area contributed by atoms with Crippen molar-refractivity contribution >= 4 is 21.7 Å². The van der Waals surface area contributed by atoms with Gasteiger partial charge in [0.25, 0.3) is 10.0 Å². The molecule has 1 aromatic heterocycles. The number of sulfonamides is 1. The zero-order chi connectivity index (χ0) is 20.9. The smallest absolute Gasteiger partial charge is 0.338 e. The third-order valence-corrected chi connectivity index (χ3v) is 5.86. The lowest BCUT2D eigenvalue weighted by Crippen LogP contribution is -2.13. The highest BCUT2D eigenvalue weighted by Gasteiger charge is 2.15. The van der Waals surface area contributed by atoms with Gasteiger partial charge in [0.2, 0.25) is 0 Å². The van der Waals surface area contributed by atoms with Crippen molar-refractivity contribution in [3.05, 3.63) is 77.6 Å². The molecule has 0 fully saturated rings. The number of benzene rings is 2. The fourth-order valence-corrected chi connectivity index (χ4v) is 3.82. The highest BCUT2D eigenvalue weighted by molar-refractivity contribution is 7.92. The summed E-state index contributed by atoms with van der Waals surface area (Å²) in [7, 11) is -3.70. The lowest BCUT2D eigenvalue weighted by molar-refractivity contribution is 0.0495. The van der Waals surface area contributed by atoms with Gasteiger partial charge in [-0.1, -0.05) is 6.07 Å². The highest BCUT2D eigenvalue weighted by atomic mass is 32.2. The van der Waals surface area contributed by atoms with Crippen molar-refractivity contribution in [1.82, 2.24) is 9.78 Å². The summed E-state index contributed by atoms with van der Waals surface area (Å²) in [5.41, 5.74) is 2.66. The van der Waals surface area contributed by atoms with Crippen molar-refractivity contribution in [2.45, 2.75) is 31.7 Å². The molecule has 2 aromatic carbocycles. The van der Waals surface area contributed by atoms with Gasteiger partial charge in [-0.15, -0.1) is 0 Å².